The van der Waals surface area contributed by atoms with Gasteiger partial charge in [0.25, 0.3) is 0 Å². The third-order valence-corrected chi connectivity index (χ3v) is 2.84. The third kappa shape index (κ3) is 1.04. The summed E-state index contributed by atoms with van der Waals surface area (Å²) in [5.41, 5.74) is 3.67. The predicted octanol–water partition coefficient (Wildman–Crippen LogP) is 0.946. The van der Waals surface area contributed by atoms with Crippen LogP contribution in [-0.2, 0) is 13.0 Å². The number of hydrogen-bond donors (Lipinski definition) is 1. The largest absolute Gasteiger partial charge is 0.343 e. The summed E-state index contributed by atoms with van der Waals surface area (Å²) in [7, 11) is 2.14. The van der Waals surface area contributed by atoms with E-state index in [-0.39, 0.29) is 0 Å². The minimum absolute atomic E-state index is 0.973. The van der Waals surface area contributed by atoms with Crippen LogP contribution in [0.5, 0.6) is 0 Å². The molecule has 3 heterocycles. The second-order valence-corrected chi connectivity index (χ2v) is 3.85. The van der Waals surface area contributed by atoms with Crippen LogP contribution in [0, 0.1) is 0 Å². The Balaban J connectivity index is 2.25. The molecular weight excluding hydrogens is 176 g/mol. The summed E-state index contributed by atoms with van der Waals surface area (Å²) in [4.78, 5) is 14.0. The molecule has 2 aromatic rings. The number of rotatable bonds is 0. The van der Waals surface area contributed by atoms with Gasteiger partial charge in [-0.2, -0.15) is 0 Å². The zero-order valence-corrected chi connectivity index (χ0v) is 8.12. The van der Waals surface area contributed by atoms with Gasteiger partial charge in [0.15, 0.2) is 0 Å². The standard InChI is InChI=1S/C10H12N4/c1-14-3-2-9-8(5-14)7-4-11-6-12-10(7)13-9/h4,6H,2-3,5H2,1H3,(H,11,12,13). The first-order chi connectivity index (χ1) is 6.84. The summed E-state index contributed by atoms with van der Waals surface area (Å²) in [6.07, 6.45) is 4.58. The number of likely N-dealkylation sites (N-methyl/N-ethyl adjacent to an activating group) is 1. The number of H-pyrrole nitrogens is 1. The molecule has 14 heavy (non-hydrogen) atoms. The molecule has 0 saturated heterocycles. The molecule has 0 amide bonds. The van der Waals surface area contributed by atoms with Gasteiger partial charge >= 0.3 is 0 Å². The molecule has 0 atom stereocenters. The van der Waals surface area contributed by atoms with E-state index < -0.39 is 0 Å². The van der Waals surface area contributed by atoms with Crippen molar-refractivity contribution in [3.05, 3.63) is 23.8 Å². The highest BCUT2D eigenvalue weighted by atomic mass is 15.1. The Morgan fingerprint density at radius 2 is 2.43 bits per heavy atom. The Hall–Kier alpha value is -1.42. The molecular formula is C10H12N4. The van der Waals surface area contributed by atoms with E-state index >= 15 is 0 Å². The zero-order chi connectivity index (χ0) is 9.54. The van der Waals surface area contributed by atoms with Gasteiger partial charge in [-0.3, -0.25) is 0 Å². The smallest absolute Gasteiger partial charge is 0.141 e. The van der Waals surface area contributed by atoms with Crippen molar-refractivity contribution in [2.75, 3.05) is 13.6 Å². The Morgan fingerprint density at radius 3 is 3.36 bits per heavy atom. The molecule has 0 aliphatic carbocycles. The average Bonchev–Trinajstić information content (AvgIpc) is 2.56. The lowest BCUT2D eigenvalue weighted by molar-refractivity contribution is 0.313. The van der Waals surface area contributed by atoms with Gasteiger partial charge in [-0.1, -0.05) is 0 Å². The van der Waals surface area contributed by atoms with Gasteiger partial charge in [-0.25, -0.2) is 9.97 Å². The number of aromatic amines is 1. The minimum Gasteiger partial charge on any atom is -0.343 e. The molecule has 0 aromatic carbocycles. The van der Waals surface area contributed by atoms with Crippen molar-refractivity contribution in [1.29, 1.82) is 0 Å². The number of fused-ring (bicyclic) bond motifs is 3. The molecule has 1 N–H and O–H groups in total. The van der Waals surface area contributed by atoms with Crippen molar-refractivity contribution in [3.63, 3.8) is 0 Å². The zero-order valence-electron chi connectivity index (χ0n) is 8.12. The summed E-state index contributed by atoms with van der Waals surface area (Å²) in [6, 6.07) is 0. The number of aromatic nitrogens is 3. The lowest BCUT2D eigenvalue weighted by Gasteiger charge is -2.22. The normalized spacial score (nSPS) is 17.2. The van der Waals surface area contributed by atoms with Crippen LogP contribution in [0.3, 0.4) is 0 Å². The van der Waals surface area contributed by atoms with Crippen molar-refractivity contribution in [1.82, 2.24) is 19.9 Å². The van der Waals surface area contributed by atoms with E-state index in [4.69, 9.17) is 0 Å². The van der Waals surface area contributed by atoms with E-state index in [1.165, 1.54) is 16.6 Å². The second kappa shape index (κ2) is 2.78. The maximum atomic E-state index is 4.23. The molecule has 0 bridgehead atoms. The molecule has 0 unspecified atom stereocenters. The molecule has 72 valence electrons. The number of hydrogen-bond acceptors (Lipinski definition) is 3. The Morgan fingerprint density at radius 1 is 1.50 bits per heavy atom. The van der Waals surface area contributed by atoms with Crippen molar-refractivity contribution in [3.8, 4) is 0 Å². The monoisotopic (exact) mass is 188 g/mol. The first kappa shape index (κ1) is 7.94. The molecule has 1 aliphatic rings. The quantitative estimate of drug-likeness (QED) is 0.669. The fourth-order valence-corrected chi connectivity index (χ4v) is 2.08. The SMILES string of the molecule is CN1CCc2[nH]c3ncncc3c2C1. The Kier molecular flexibility index (Phi) is 1.58. The summed E-state index contributed by atoms with van der Waals surface area (Å²) in [6.45, 7) is 2.12. The van der Waals surface area contributed by atoms with Crippen LogP contribution in [0.4, 0.5) is 0 Å². The molecule has 1 aliphatic heterocycles. The molecule has 4 heteroatoms. The summed E-state index contributed by atoms with van der Waals surface area (Å²) in [5, 5.41) is 1.18. The maximum Gasteiger partial charge on any atom is 0.141 e. The van der Waals surface area contributed by atoms with E-state index in [0.29, 0.717) is 0 Å². The molecule has 0 saturated carbocycles. The van der Waals surface area contributed by atoms with Gasteiger partial charge in [-0.05, 0) is 12.6 Å². The highest BCUT2D eigenvalue weighted by Gasteiger charge is 2.18. The fourth-order valence-electron chi connectivity index (χ4n) is 2.08. The van der Waals surface area contributed by atoms with Crippen LogP contribution in [-0.4, -0.2) is 33.4 Å². The molecule has 0 fully saturated rings. The summed E-state index contributed by atoms with van der Waals surface area (Å²) in [5.74, 6) is 0. The molecule has 4 nitrogen and oxygen atoms in total. The van der Waals surface area contributed by atoms with E-state index in [9.17, 15) is 0 Å². The summed E-state index contributed by atoms with van der Waals surface area (Å²) < 4.78 is 0. The third-order valence-electron chi connectivity index (χ3n) is 2.84. The highest BCUT2D eigenvalue weighted by Crippen LogP contribution is 2.24. The van der Waals surface area contributed by atoms with Crippen LogP contribution < -0.4 is 0 Å². The lowest BCUT2D eigenvalue weighted by Crippen LogP contribution is -2.25. The average molecular weight is 188 g/mol. The van der Waals surface area contributed by atoms with Crippen molar-refractivity contribution < 1.29 is 0 Å². The second-order valence-electron chi connectivity index (χ2n) is 3.85. The van der Waals surface area contributed by atoms with Gasteiger partial charge in [0, 0.05) is 36.8 Å². The molecule has 3 rings (SSSR count). The van der Waals surface area contributed by atoms with Crippen LogP contribution in [0.2, 0.25) is 0 Å². The number of nitrogens with one attached hydrogen (secondary N) is 1. The van der Waals surface area contributed by atoms with Gasteiger partial charge < -0.3 is 9.88 Å². The van der Waals surface area contributed by atoms with Crippen LogP contribution in [0.15, 0.2) is 12.5 Å². The Bertz CT molecular complexity index is 474. The van der Waals surface area contributed by atoms with Gasteiger partial charge in [0.1, 0.15) is 12.0 Å². The summed E-state index contributed by atoms with van der Waals surface area (Å²) >= 11 is 0. The first-order valence-electron chi connectivity index (χ1n) is 4.82. The van der Waals surface area contributed by atoms with Crippen molar-refractivity contribution in [2.24, 2.45) is 0 Å². The van der Waals surface area contributed by atoms with Gasteiger partial charge in [0.2, 0.25) is 0 Å². The van der Waals surface area contributed by atoms with Gasteiger partial charge in [0.05, 0.1) is 0 Å². The Labute approximate surface area is 82.0 Å². The highest BCUT2D eigenvalue weighted by molar-refractivity contribution is 5.80. The van der Waals surface area contributed by atoms with Crippen molar-refractivity contribution in [2.45, 2.75) is 13.0 Å². The van der Waals surface area contributed by atoms with E-state index in [1.807, 2.05) is 6.20 Å². The molecule has 0 radical (unpaired) electrons. The minimum atomic E-state index is 0.973. The van der Waals surface area contributed by atoms with E-state index in [0.717, 1.165) is 25.2 Å². The topological polar surface area (TPSA) is 44.8 Å². The molecule has 2 aromatic heterocycles. The van der Waals surface area contributed by atoms with Crippen LogP contribution in [0.1, 0.15) is 11.3 Å². The number of nitrogens with zero attached hydrogens (tertiary/aromatic N) is 3. The predicted molar refractivity (Wildman–Crippen MR) is 53.9 cm³/mol. The van der Waals surface area contributed by atoms with Crippen LogP contribution >= 0.6 is 0 Å². The fraction of sp³-hybridized carbons (Fsp3) is 0.400. The van der Waals surface area contributed by atoms with E-state index in [1.54, 1.807) is 6.33 Å². The van der Waals surface area contributed by atoms with Crippen LogP contribution in [0.25, 0.3) is 11.0 Å². The maximum absolute atomic E-state index is 4.23. The lowest BCUT2D eigenvalue weighted by atomic mass is 10.1. The van der Waals surface area contributed by atoms with Gasteiger partial charge in [-0.15, -0.1) is 0 Å². The first-order valence-corrected chi connectivity index (χ1v) is 4.82. The molecule has 0 spiro atoms. The van der Waals surface area contributed by atoms with Crippen molar-refractivity contribution >= 4 is 11.0 Å². The van der Waals surface area contributed by atoms with E-state index in [2.05, 4.69) is 26.9 Å².